The normalized spacial score (nSPS) is 18.8. The fourth-order valence-electron chi connectivity index (χ4n) is 4.98. The number of hydrogen-bond acceptors (Lipinski definition) is 5. The average molecular weight is 489 g/mol. The van der Waals surface area contributed by atoms with Gasteiger partial charge in [-0.05, 0) is 43.0 Å². The molecule has 2 aliphatic rings. The summed E-state index contributed by atoms with van der Waals surface area (Å²) in [5, 5.41) is 3.12. The van der Waals surface area contributed by atoms with E-state index in [1.807, 2.05) is 58.9 Å². The van der Waals surface area contributed by atoms with Gasteiger partial charge in [0.2, 0.25) is 5.91 Å². The number of amides is 2. The van der Waals surface area contributed by atoms with Crippen molar-refractivity contribution in [3.63, 3.8) is 0 Å². The van der Waals surface area contributed by atoms with Crippen LogP contribution in [0.3, 0.4) is 0 Å². The van der Waals surface area contributed by atoms with Crippen LogP contribution in [0.5, 0.6) is 5.75 Å². The summed E-state index contributed by atoms with van der Waals surface area (Å²) in [4.78, 5) is 32.4. The Morgan fingerprint density at radius 2 is 1.81 bits per heavy atom. The standard InChI is InChI=1S/C28H32N4O4/c1-19(20-8-10-23(35-2)11-9-20)30-27(33)22-12-14-31(15-13-22)28(34)26-24-17-36-25(16-32(24)18-29-26)21-6-4-3-5-7-21/h3-11,18-19,22,25H,12-17H2,1-2H3,(H,30,33)/t19-,25-/m1/s1. The van der Waals surface area contributed by atoms with Gasteiger partial charge in [-0.15, -0.1) is 0 Å². The second-order valence-corrected chi connectivity index (χ2v) is 9.47. The van der Waals surface area contributed by atoms with Gasteiger partial charge in [0.15, 0.2) is 5.69 Å². The minimum atomic E-state index is -0.111. The van der Waals surface area contributed by atoms with E-state index in [0.29, 0.717) is 44.8 Å². The number of benzene rings is 2. The van der Waals surface area contributed by atoms with Gasteiger partial charge in [0, 0.05) is 19.0 Å². The number of rotatable bonds is 6. The molecule has 3 heterocycles. The fraction of sp³-hybridized carbons (Fsp3) is 0.393. The number of ether oxygens (including phenoxy) is 2. The lowest BCUT2D eigenvalue weighted by Gasteiger charge is -2.32. The van der Waals surface area contributed by atoms with Crippen LogP contribution in [0.15, 0.2) is 60.9 Å². The number of aromatic nitrogens is 2. The molecular formula is C28H32N4O4. The largest absolute Gasteiger partial charge is 0.497 e. The first-order chi connectivity index (χ1) is 17.5. The Labute approximate surface area is 211 Å². The van der Waals surface area contributed by atoms with Crippen molar-refractivity contribution in [3.05, 3.63) is 83.4 Å². The lowest BCUT2D eigenvalue weighted by molar-refractivity contribution is -0.127. The number of likely N-dealkylation sites (tertiary alicyclic amines) is 1. The molecular weight excluding hydrogens is 456 g/mol. The van der Waals surface area contributed by atoms with Crippen molar-refractivity contribution in [2.24, 2.45) is 5.92 Å². The monoisotopic (exact) mass is 488 g/mol. The topological polar surface area (TPSA) is 85.7 Å². The van der Waals surface area contributed by atoms with E-state index >= 15 is 0 Å². The molecule has 8 nitrogen and oxygen atoms in total. The molecule has 0 saturated carbocycles. The molecule has 36 heavy (non-hydrogen) atoms. The summed E-state index contributed by atoms with van der Waals surface area (Å²) < 4.78 is 13.3. The molecule has 5 rings (SSSR count). The Bertz CT molecular complexity index is 1200. The van der Waals surface area contributed by atoms with Gasteiger partial charge < -0.3 is 24.3 Å². The van der Waals surface area contributed by atoms with Crippen LogP contribution in [-0.2, 0) is 22.7 Å². The van der Waals surface area contributed by atoms with Crippen LogP contribution in [0, 0.1) is 5.92 Å². The third-order valence-electron chi connectivity index (χ3n) is 7.23. The van der Waals surface area contributed by atoms with Gasteiger partial charge in [0.25, 0.3) is 5.91 Å². The zero-order valence-corrected chi connectivity index (χ0v) is 20.7. The van der Waals surface area contributed by atoms with Gasteiger partial charge in [-0.3, -0.25) is 9.59 Å². The molecule has 0 spiro atoms. The van der Waals surface area contributed by atoms with Gasteiger partial charge in [-0.25, -0.2) is 4.98 Å². The zero-order valence-electron chi connectivity index (χ0n) is 20.7. The molecule has 2 amide bonds. The molecule has 2 aromatic carbocycles. The molecule has 0 aliphatic carbocycles. The first-order valence-electron chi connectivity index (χ1n) is 12.5. The van der Waals surface area contributed by atoms with Crippen molar-refractivity contribution in [1.82, 2.24) is 19.8 Å². The maximum atomic E-state index is 13.3. The predicted octanol–water partition coefficient (Wildman–Crippen LogP) is 3.89. The van der Waals surface area contributed by atoms with Gasteiger partial charge in [0.05, 0.1) is 38.3 Å². The summed E-state index contributed by atoms with van der Waals surface area (Å²) in [6.07, 6.45) is 2.96. The summed E-state index contributed by atoms with van der Waals surface area (Å²) in [6.45, 7) is 4.03. The molecule has 8 heteroatoms. The van der Waals surface area contributed by atoms with Crippen molar-refractivity contribution in [1.29, 1.82) is 0 Å². The minimum Gasteiger partial charge on any atom is -0.497 e. The molecule has 3 aromatic rings. The van der Waals surface area contributed by atoms with Crippen molar-refractivity contribution >= 4 is 11.8 Å². The maximum absolute atomic E-state index is 13.3. The molecule has 188 valence electrons. The van der Waals surface area contributed by atoms with Crippen LogP contribution in [0.1, 0.15) is 59.2 Å². The molecule has 0 radical (unpaired) electrons. The lowest BCUT2D eigenvalue weighted by Crippen LogP contribution is -2.43. The van der Waals surface area contributed by atoms with Crippen molar-refractivity contribution in [2.45, 2.75) is 45.1 Å². The number of nitrogens with one attached hydrogen (secondary N) is 1. The summed E-state index contributed by atoms with van der Waals surface area (Å²) in [5.41, 5.74) is 3.42. The Balaban J connectivity index is 1.15. The highest BCUT2D eigenvalue weighted by molar-refractivity contribution is 5.93. The van der Waals surface area contributed by atoms with Gasteiger partial charge in [-0.1, -0.05) is 42.5 Å². The Kier molecular flexibility index (Phi) is 7.04. The SMILES string of the molecule is COc1ccc([C@@H](C)NC(=O)C2CCN(C(=O)c3ncn4c3CO[C@@H](c3ccccc3)C4)CC2)cc1. The van der Waals surface area contributed by atoms with Gasteiger partial charge in [-0.2, -0.15) is 0 Å². The van der Waals surface area contributed by atoms with Gasteiger partial charge >= 0.3 is 0 Å². The molecule has 2 aliphatic heterocycles. The third kappa shape index (κ3) is 4.99. The van der Waals surface area contributed by atoms with E-state index in [2.05, 4.69) is 22.4 Å². The van der Waals surface area contributed by atoms with Crippen molar-refractivity contribution in [3.8, 4) is 5.75 Å². The van der Waals surface area contributed by atoms with Crippen LogP contribution in [0.4, 0.5) is 0 Å². The van der Waals surface area contributed by atoms with E-state index in [9.17, 15) is 9.59 Å². The lowest BCUT2D eigenvalue weighted by atomic mass is 9.95. The van der Waals surface area contributed by atoms with Crippen LogP contribution < -0.4 is 10.1 Å². The molecule has 0 bridgehead atoms. The summed E-state index contributed by atoms with van der Waals surface area (Å²) >= 11 is 0. The zero-order chi connectivity index (χ0) is 25.1. The van der Waals surface area contributed by atoms with Crippen LogP contribution in [-0.4, -0.2) is 46.5 Å². The second kappa shape index (κ2) is 10.5. The van der Waals surface area contributed by atoms with E-state index in [-0.39, 0.29) is 29.9 Å². The molecule has 1 aromatic heterocycles. The number of imidazole rings is 1. The highest BCUT2D eigenvalue weighted by Gasteiger charge is 2.32. The highest BCUT2D eigenvalue weighted by atomic mass is 16.5. The predicted molar refractivity (Wildman–Crippen MR) is 134 cm³/mol. The quantitative estimate of drug-likeness (QED) is 0.569. The van der Waals surface area contributed by atoms with E-state index in [1.54, 1.807) is 13.4 Å². The number of hydrogen-bond donors (Lipinski definition) is 1. The summed E-state index contributed by atoms with van der Waals surface area (Å²) in [5.74, 6) is 0.623. The fourth-order valence-corrected chi connectivity index (χ4v) is 4.98. The average Bonchev–Trinajstić information content (AvgIpc) is 3.36. The van der Waals surface area contributed by atoms with E-state index < -0.39 is 0 Å². The maximum Gasteiger partial charge on any atom is 0.274 e. The van der Waals surface area contributed by atoms with Crippen LogP contribution in [0.2, 0.25) is 0 Å². The number of nitrogens with zero attached hydrogens (tertiary/aromatic N) is 3. The molecule has 1 N–H and O–H groups in total. The molecule has 2 atom stereocenters. The van der Waals surface area contributed by atoms with Crippen LogP contribution in [0.25, 0.3) is 0 Å². The van der Waals surface area contributed by atoms with E-state index in [0.717, 1.165) is 22.6 Å². The number of carbonyl (C=O) groups is 2. The highest BCUT2D eigenvalue weighted by Crippen LogP contribution is 2.29. The Hall–Kier alpha value is -3.65. The first-order valence-corrected chi connectivity index (χ1v) is 12.5. The number of fused-ring (bicyclic) bond motifs is 1. The number of methoxy groups -OCH3 is 1. The van der Waals surface area contributed by atoms with Crippen molar-refractivity contribution < 1.29 is 19.1 Å². The second-order valence-electron chi connectivity index (χ2n) is 9.47. The molecule has 0 unspecified atom stereocenters. The number of piperidine rings is 1. The van der Waals surface area contributed by atoms with Crippen molar-refractivity contribution in [2.75, 3.05) is 20.2 Å². The smallest absolute Gasteiger partial charge is 0.274 e. The third-order valence-corrected chi connectivity index (χ3v) is 7.23. The molecule has 1 fully saturated rings. The summed E-state index contributed by atoms with van der Waals surface area (Å²) in [6, 6.07) is 17.7. The Morgan fingerprint density at radius 1 is 1.08 bits per heavy atom. The van der Waals surface area contributed by atoms with E-state index in [4.69, 9.17) is 9.47 Å². The number of carbonyl (C=O) groups excluding carboxylic acids is 2. The molecule has 1 saturated heterocycles. The first kappa shape index (κ1) is 24.1. The summed E-state index contributed by atoms with van der Waals surface area (Å²) in [7, 11) is 1.63. The Morgan fingerprint density at radius 3 is 2.50 bits per heavy atom. The van der Waals surface area contributed by atoms with Crippen LogP contribution >= 0.6 is 0 Å². The minimum absolute atomic E-state index is 0.0325. The van der Waals surface area contributed by atoms with Gasteiger partial charge in [0.1, 0.15) is 11.9 Å². The van der Waals surface area contributed by atoms with E-state index in [1.165, 1.54) is 0 Å².